The van der Waals surface area contributed by atoms with E-state index in [1.165, 1.54) is 16.5 Å². The Morgan fingerprint density at radius 1 is 1.33 bits per heavy atom. The first kappa shape index (κ1) is 13.0. The van der Waals surface area contributed by atoms with Crippen molar-refractivity contribution in [3.8, 4) is 5.75 Å². The molecule has 1 aromatic carbocycles. The van der Waals surface area contributed by atoms with Crippen molar-refractivity contribution >= 4 is 10.9 Å². The van der Waals surface area contributed by atoms with Crippen LogP contribution in [-0.4, -0.2) is 25.3 Å². The number of fused-ring (bicyclic) bond motifs is 1. The molecule has 3 nitrogen and oxygen atoms in total. The summed E-state index contributed by atoms with van der Waals surface area (Å²) in [7, 11) is 3.74. The summed E-state index contributed by atoms with van der Waals surface area (Å²) in [5.41, 5.74) is 2.64. The summed E-state index contributed by atoms with van der Waals surface area (Å²) in [6.07, 6.45) is 4.54. The van der Waals surface area contributed by atoms with Gasteiger partial charge in [0.05, 0.1) is 12.6 Å². The van der Waals surface area contributed by atoms with Crippen molar-refractivity contribution in [1.29, 1.82) is 0 Å². The highest BCUT2D eigenvalue weighted by Gasteiger charge is 2.11. The molecule has 0 unspecified atom stereocenters. The van der Waals surface area contributed by atoms with E-state index in [9.17, 15) is 0 Å². The Morgan fingerprint density at radius 2 is 2.17 bits per heavy atom. The number of nitrogens with one attached hydrogen (secondary N) is 1. The molecule has 0 aliphatic heterocycles. The van der Waals surface area contributed by atoms with Gasteiger partial charge in [0.25, 0.3) is 0 Å². The van der Waals surface area contributed by atoms with E-state index < -0.39 is 0 Å². The highest BCUT2D eigenvalue weighted by molar-refractivity contribution is 5.89. The number of hydrogen-bond acceptors (Lipinski definition) is 2. The number of methoxy groups -OCH3 is 1. The molecular weight excluding hydrogens is 224 g/mol. The van der Waals surface area contributed by atoms with Crippen molar-refractivity contribution in [1.82, 2.24) is 9.88 Å². The van der Waals surface area contributed by atoms with Gasteiger partial charge in [-0.2, -0.15) is 0 Å². The van der Waals surface area contributed by atoms with E-state index >= 15 is 0 Å². The summed E-state index contributed by atoms with van der Waals surface area (Å²) in [5, 5.41) is 4.52. The fourth-order valence-corrected chi connectivity index (χ4v) is 2.47. The quantitative estimate of drug-likeness (QED) is 0.793. The molecule has 0 saturated heterocycles. The summed E-state index contributed by atoms with van der Waals surface area (Å²) in [6.45, 7) is 4.20. The monoisotopic (exact) mass is 246 g/mol. The Bertz CT molecular complexity index is 516. The fourth-order valence-electron chi connectivity index (χ4n) is 2.47. The first-order valence-electron chi connectivity index (χ1n) is 6.61. The van der Waals surface area contributed by atoms with Crippen LogP contribution >= 0.6 is 0 Å². The summed E-state index contributed by atoms with van der Waals surface area (Å²) in [5.74, 6) is 0.967. The van der Waals surface area contributed by atoms with Gasteiger partial charge in [0, 0.05) is 18.1 Å². The summed E-state index contributed by atoms with van der Waals surface area (Å²) < 4.78 is 7.76. The van der Waals surface area contributed by atoms with E-state index in [0.717, 1.165) is 31.7 Å². The van der Waals surface area contributed by atoms with Crippen molar-refractivity contribution in [2.45, 2.75) is 26.3 Å². The lowest BCUT2D eigenvalue weighted by molar-refractivity contribution is 0.417. The summed E-state index contributed by atoms with van der Waals surface area (Å²) >= 11 is 0. The fraction of sp³-hybridized carbons (Fsp3) is 0.467. The van der Waals surface area contributed by atoms with Crippen LogP contribution in [0.25, 0.3) is 10.9 Å². The maximum absolute atomic E-state index is 5.48. The maximum atomic E-state index is 5.48. The molecule has 0 fully saturated rings. The molecule has 1 N–H and O–H groups in total. The van der Waals surface area contributed by atoms with E-state index in [2.05, 4.69) is 35.1 Å². The number of para-hydroxylation sites is 1. The van der Waals surface area contributed by atoms with Crippen LogP contribution in [0.1, 0.15) is 18.9 Å². The molecule has 1 aromatic heterocycles. The zero-order chi connectivity index (χ0) is 13.0. The molecule has 0 aliphatic rings. The van der Waals surface area contributed by atoms with Crippen LogP contribution in [0.3, 0.4) is 0 Å². The minimum Gasteiger partial charge on any atom is -0.495 e. The van der Waals surface area contributed by atoms with Crippen LogP contribution in [0.4, 0.5) is 0 Å². The summed E-state index contributed by atoms with van der Waals surface area (Å²) in [4.78, 5) is 0. The topological polar surface area (TPSA) is 26.2 Å². The maximum Gasteiger partial charge on any atom is 0.143 e. The molecule has 0 atom stereocenters. The standard InChI is InChI=1S/C15H22N2O/c1-4-17-11-12(7-6-10-16-2)13-8-5-9-14(18-3)15(13)17/h5,8-9,11,16H,4,6-7,10H2,1-3H3. The van der Waals surface area contributed by atoms with Gasteiger partial charge >= 0.3 is 0 Å². The van der Waals surface area contributed by atoms with Crippen LogP contribution in [0.2, 0.25) is 0 Å². The van der Waals surface area contributed by atoms with Gasteiger partial charge in [-0.15, -0.1) is 0 Å². The van der Waals surface area contributed by atoms with Crippen molar-refractivity contribution < 1.29 is 4.74 Å². The highest BCUT2D eigenvalue weighted by atomic mass is 16.5. The molecule has 2 aromatic rings. The largest absolute Gasteiger partial charge is 0.495 e. The molecule has 1 heterocycles. The predicted molar refractivity (Wildman–Crippen MR) is 76.4 cm³/mol. The van der Waals surface area contributed by atoms with Gasteiger partial charge in [-0.25, -0.2) is 0 Å². The number of ether oxygens (including phenoxy) is 1. The van der Waals surface area contributed by atoms with Crippen LogP contribution < -0.4 is 10.1 Å². The van der Waals surface area contributed by atoms with Gasteiger partial charge in [0.2, 0.25) is 0 Å². The van der Waals surface area contributed by atoms with Gasteiger partial charge in [-0.1, -0.05) is 12.1 Å². The minimum atomic E-state index is 0.967. The minimum absolute atomic E-state index is 0.967. The van der Waals surface area contributed by atoms with Crippen molar-refractivity contribution in [2.75, 3.05) is 20.7 Å². The second-order valence-electron chi connectivity index (χ2n) is 4.50. The van der Waals surface area contributed by atoms with Gasteiger partial charge in [-0.3, -0.25) is 0 Å². The molecule has 0 spiro atoms. The molecular formula is C15H22N2O. The Kier molecular flexibility index (Phi) is 4.26. The third-order valence-corrected chi connectivity index (χ3v) is 3.38. The molecule has 0 aliphatic carbocycles. The Labute approximate surface area is 109 Å². The molecule has 2 rings (SSSR count). The molecule has 18 heavy (non-hydrogen) atoms. The van der Waals surface area contributed by atoms with E-state index in [-0.39, 0.29) is 0 Å². The van der Waals surface area contributed by atoms with Gasteiger partial charge in [0.15, 0.2) is 0 Å². The lowest BCUT2D eigenvalue weighted by Gasteiger charge is -2.06. The van der Waals surface area contributed by atoms with Crippen molar-refractivity contribution in [2.24, 2.45) is 0 Å². The van der Waals surface area contributed by atoms with Crippen LogP contribution in [0, 0.1) is 0 Å². The summed E-state index contributed by atoms with van der Waals surface area (Å²) in [6, 6.07) is 6.30. The predicted octanol–water partition coefficient (Wildman–Crippen LogP) is 2.82. The zero-order valence-corrected chi connectivity index (χ0v) is 11.5. The molecule has 0 saturated carbocycles. The third-order valence-electron chi connectivity index (χ3n) is 3.38. The van der Waals surface area contributed by atoms with Crippen molar-refractivity contribution in [3.63, 3.8) is 0 Å². The number of nitrogens with zero attached hydrogens (tertiary/aromatic N) is 1. The average molecular weight is 246 g/mol. The molecule has 0 bridgehead atoms. The van der Waals surface area contributed by atoms with Gasteiger partial charge < -0.3 is 14.6 Å². The Balaban J connectivity index is 2.42. The van der Waals surface area contributed by atoms with Crippen LogP contribution in [0.15, 0.2) is 24.4 Å². The number of aromatic nitrogens is 1. The number of benzene rings is 1. The number of rotatable bonds is 6. The second-order valence-corrected chi connectivity index (χ2v) is 4.50. The molecule has 98 valence electrons. The van der Waals surface area contributed by atoms with E-state index in [1.807, 2.05) is 13.1 Å². The number of hydrogen-bond donors (Lipinski definition) is 1. The molecule has 0 amide bonds. The van der Waals surface area contributed by atoms with E-state index in [0.29, 0.717) is 0 Å². The number of aryl methyl sites for hydroxylation is 2. The lowest BCUT2D eigenvalue weighted by atomic mass is 10.1. The second kappa shape index (κ2) is 5.91. The van der Waals surface area contributed by atoms with Crippen LogP contribution in [0.5, 0.6) is 5.75 Å². The lowest BCUT2D eigenvalue weighted by Crippen LogP contribution is -2.08. The van der Waals surface area contributed by atoms with Gasteiger partial charge in [0.1, 0.15) is 5.75 Å². The van der Waals surface area contributed by atoms with Gasteiger partial charge in [-0.05, 0) is 45.0 Å². The Morgan fingerprint density at radius 3 is 2.83 bits per heavy atom. The highest BCUT2D eigenvalue weighted by Crippen LogP contribution is 2.30. The first-order chi connectivity index (χ1) is 8.81. The average Bonchev–Trinajstić information content (AvgIpc) is 2.77. The Hall–Kier alpha value is -1.48. The van der Waals surface area contributed by atoms with E-state index in [1.54, 1.807) is 7.11 Å². The van der Waals surface area contributed by atoms with Crippen molar-refractivity contribution in [3.05, 3.63) is 30.0 Å². The smallest absolute Gasteiger partial charge is 0.143 e. The SMILES string of the molecule is CCn1cc(CCCNC)c2cccc(OC)c21. The molecule has 0 radical (unpaired) electrons. The molecule has 3 heteroatoms. The van der Waals surface area contributed by atoms with E-state index in [4.69, 9.17) is 4.74 Å². The third kappa shape index (κ3) is 2.36. The first-order valence-corrected chi connectivity index (χ1v) is 6.61. The zero-order valence-electron chi connectivity index (χ0n) is 11.5. The van der Waals surface area contributed by atoms with Crippen LogP contribution in [-0.2, 0) is 13.0 Å². The normalized spacial score (nSPS) is 11.1.